The van der Waals surface area contributed by atoms with Crippen LogP contribution in [0.1, 0.15) is 30.3 Å². The van der Waals surface area contributed by atoms with E-state index in [1.807, 2.05) is 29.2 Å². The highest BCUT2D eigenvalue weighted by atomic mass is 16.5. The van der Waals surface area contributed by atoms with E-state index in [2.05, 4.69) is 21.8 Å². The normalized spacial score (nSPS) is 24.3. The molecule has 0 N–H and O–H groups in total. The van der Waals surface area contributed by atoms with Gasteiger partial charge in [-0.1, -0.05) is 25.5 Å². The number of rotatable bonds is 3. The van der Waals surface area contributed by atoms with Gasteiger partial charge in [-0.15, -0.1) is 0 Å². The standard InChI is InChI=1S/C19H24N4O2/c1-2-5-14-12-25-13-15-11-22(8-9-23(14)15)19(24)18-10-20-16-6-3-4-7-17(16)21-18/h3-4,6-7,10,14-15H,2,5,8-9,11-13H2,1H3/t14-,15+/m0/s1. The van der Waals surface area contributed by atoms with Crippen LogP contribution >= 0.6 is 0 Å². The monoisotopic (exact) mass is 340 g/mol. The summed E-state index contributed by atoms with van der Waals surface area (Å²) in [6, 6.07) is 8.41. The highest BCUT2D eigenvalue weighted by Crippen LogP contribution is 2.22. The lowest BCUT2D eigenvalue weighted by Crippen LogP contribution is -2.62. The van der Waals surface area contributed by atoms with Gasteiger partial charge in [-0.25, -0.2) is 4.98 Å². The number of aromatic nitrogens is 2. The summed E-state index contributed by atoms with van der Waals surface area (Å²) in [6.45, 7) is 6.08. The SMILES string of the molecule is CCC[C@H]1COC[C@H]2CN(C(=O)c3cnc4ccccc4n3)CCN12. The highest BCUT2D eigenvalue weighted by Gasteiger charge is 2.36. The molecule has 1 amide bonds. The fourth-order valence-electron chi connectivity index (χ4n) is 3.92. The van der Waals surface area contributed by atoms with E-state index >= 15 is 0 Å². The number of benzene rings is 1. The predicted molar refractivity (Wildman–Crippen MR) is 95.5 cm³/mol. The van der Waals surface area contributed by atoms with E-state index in [1.165, 1.54) is 0 Å². The maximum atomic E-state index is 12.9. The summed E-state index contributed by atoms with van der Waals surface area (Å²) in [5.74, 6) is -0.0319. The predicted octanol–water partition coefficient (Wildman–Crippen LogP) is 1.96. The van der Waals surface area contributed by atoms with Crippen LogP contribution in [0, 0.1) is 0 Å². The third kappa shape index (κ3) is 3.24. The molecule has 0 bridgehead atoms. The lowest BCUT2D eigenvalue weighted by Gasteiger charge is -2.47. The van der Waals surface area contributed by atoms with Crippen molar-refractivity contribution >= 4 is 16.9 Å². The van der Waals surface area contributed by atoms with Crippen LogP contribution in [0.2, 0.25) is 0 Å². The number of nitrogens with zero attached hydrogens (tertiary/aromatic N) is 4. The van der Waals surface area contributed by atoms with Gasteiger partial charge in [0.2, 0.25) is 0 Å². The van der Waals surface area contributed by atoms with Crippen LogP contribution in [0.5, 0.6) is 0 Å². The molecule has 25 heavy (non-hydrogen) atoms. The molecule has 4 rings (SSSR count). The van der Waals surface area contributed by atoms with Crippen molar-refractivity contribution in [3.8, 4) is 0 Å². The number of ether oxygens (including phenoxy) is 1. The van der Waals surface area contributed by atoms with Crippen LogP contribution in [-0.2, 0) is 4.74 Å². The summed E-state index contributed by atoms with van der Waals surface area (Å²) >= 11 is 0. The molecule has 6 nitrogen and oxygen atoms in total. The lowest BCUT2D eigenvalue weighted by atomic mass is 10.0. The first-order valence-corrected chi connectivity index (χ1v) is 9.11. The van der Waals surface area contributed by atoms with Gasteiger partial charge in [0.1, 0.15) is 5.69 Å². The summed E-state index contributed by atoms with van der Waals surface area (Å²) in [7, 11) is 0. The number of amides is 1. The molecule has 0 unspecified atom stereocenters. The van der Waals surface area contributed by atoms with Gasteiger partial charge in [-0.05, 0) is 18.6 Å². The Hall–Kier alpha value is -2.05. The molecule has 0 aliphatic carbocycles. The first kappa shape index (κ1) is 16.4. The van der Waals surface area contributed by atoms with Crippen molar-refractivity contribution in [1.29, 1.82) is 0 Å². The average molecular weight is 340 g/mol. The Balaban J connectivity index is 1.49. The van der Waals surface area contributed by atoms with E-state index in [4.69, 9.17) is 4.74 Å². The summed E-state index contributed by atoms with van der Waals surface area (Å²) in [6.07, 6.45) is 3.90. The molecule has 2 aromatic rings. The van der Waals surface area contributed by atoms with E-state index in [-0.39, 0.29) is 11.9 Å². The van der Waals surface area contributed by atoms with Crippen LogP contribution in [-0.4, -0.2) is 70.6 Å². The quantitative estimate of drug-likeness (QED) is 0.855. The van der Waals surface area contributed by atoms with Gasteiger partial charge >= 0.3 is 0 Å². The maximum Gasteiger partial charge on any atom is 0.274 e. The second kappa shape index (κ2) is 7.06. The fourth-order valence-corrected chi connectivity index (χ4v) is 3.92. The minimum absolute atomic E-state index is 0.0319. The van der Waals surface area contributed by atoms with Crippen LogP contribution in [0.25, 0.3) is 11.0 Å². The molecule has 2 fully saturated rings. The van der Waals surface area contributed by atoms with E-state index in [1.54, 1.807) is 6.20 Å². The average Bonchev–Trinajstić information content (AvgIpc) is 2.67. The molecule has 2 aliphatic heterocycles. The molecule has 1 aromatic heterocycles. The van der Waals surface area contributed by atoms with E-state index in [0.29, 0.717) is 24.9 Å². The minimum atomic E-state index is -0.0319. The molecule has 2 saturated heterocycles. The maximum absolute atomic E-state index is 12.9. The smallest absolute Gasteiger partial charge is 0.274 e. The van der Waals surface area contributed by atoms with Gasteiger partial charge in [0.25, 0.3) is 5.91 Å². The van der Waals surface area contributed by atoms with Gasteiger partial charge in [0, 0.05) is 25.7 Å². The number of piperazine rings is 1. The van der Waals surface area contributed by atoms with Crippen molar-refractivity contribution in [1.82, 2.24) is 19.8 Å². The first-order chi connectivity index (χ1) is 12.3. The van der Waals surface area contributed by atoms with E-state index in [0.717, 1.165) is 43.6 Å². The molecule has 6 heteroatoms. The molecule has 2 atom stereocenters. The topological polar surface area (TPSA) is 58.6 Å². The van der Waals surface area contributed by atoms with Crippen molar-refractivity contribution in [3.63, 3.8) is 0 Å². The van der Waals surface area contributed by atoms with Crippen LogP contribution < -0.4 is 0 Å². The van der Waals surface area contributed by atoms with Crippen LogP contribution in [0.4, 0.5) is 0 Å². The molecule has 3 heterocycles. The summed E-state index contributed by atoms with van der Waals surface area (Å²) in [4.78, 5) is 26.2. The number of hydrogen-bond donors (Lipinski definition) is 0. The van der Waals surface area contributed by atoms with Crippen LogP contribution in [0.3, 0.4) is 0 Å². The third-order valence-corrected chi connectivity index (χ3v) is 5.19. The molecular weight excluding hydrogens is 316 g/mol. The summed E-state index contributed by atoms with van der Waals surface area (Å²) in [5.41, 5.74) is 2.00. The summed E-state index contributed by atoms with van der Waals surface area (Å²) in [5, 5.41) is 0. The van der Waals surface area contributed by atoms with E-state index in [9.17, 15) is 4.79 Å². The molecule has 1 aromatic carbocycles. The fraction of sp³-hybridized carbons (Fsp3) is 0.526. The van der Waals surface area contributed by atoms with Crippen molar-refractivity contribution in [2.45, 2.75) is 31.8 Å². The highest BCUT2D eigenvalue weighted by molar-refractivity contribution is 5.93. The van der Waals surface area contributed by atoms with Gasteiger partial charge in [0.15, 0.2) is 0 Å². The van der Waals surface area contributed by atoms with Crippen molar-refractivity contribution in [2.75, 3.05) is 32.8 Å². The van der Waals surface area contributed by atoms with Gasteiger partial charge in [0.05, 0.1) is 36.5 Å². The number of fused-ring (bicyclic) bond motifs is 2. The Bertz CT molecular complexity index is 764. The minimum Gasteiger partial charge on any atom is -0.378 e. The van der Waals surface area contributed by atoms with E-state index < -0.39 is 0 Å². The second-order valence-electron chi connectivity index (χ2n) is 6.87. The number of carbonyl (C=O) groups excluding carboxylic acids is 1. The van der Waals surface area contributed by atoms with Gasteiger partial charge in [-0.2, -0.15) is 0 Å². The second-order valence-corrected chi connectivity index (χ2v) is 6.87. The molecule has 0 radical (unpaired) electrons. The number of carbonyl (C=O) groups is 1. The third-order valence-electron chi connectivity index (χ3n) is 5.19. The van der Waals surface area contributed by atoms with Gasteiger partial charge < -0.3 is 9.64 Å². The zero-order valence-electron chi connectivity index (χ0n) is 14.6. The Kier molecular flexibility index (Phi) is 4.63. The number of morpholine rings is 1. The van der Waals surface area contributed by atoms with Crippen molar-refractivity contribution in [2.24, 2.45) is 0 Å². The Morgan fingerprint density at radius 1 is 1.24 bits per heavy atom. The van der Waals surface area contributed by atoms with Crippen molar-refractivity contribution < 1.29 is 9.53 Å². The van der Waals surface area contributed by atoms with Crippen LogP contribution in [0.15, 0.2) is 30.5 Å². The lowest BCUT2D eigenvalue weighted by molar-refractivity contribution is -0.0776. The Morgan fingerprint density at radius 3 is 2.92 bits per heavy atom. The molecule has 0 spiro atoms. The molecule has 132 valence electrons. The number of para-hydroxylation sites is 2. The Labute approximate surface area is 147 Å². The summed E-state index contributed by atoms with van der Waals surface area (Å²) < 4.78 is 5.79. The zero-order chi connectivity index (χ0) is 17.2. The first-order valence-electron chi connectivity index (χ1n) is 9.11. The Morgan fingerprint density at radius 2 is 2.08 bits per heavy atom. The van der Waals surface area contributed by atoms with Gasteiger partial charge in [-0.3, -0.25) is 14.7 Å². The molecule has 0 saturated carbocycles. The molecular formula is C19H24N4O2. The zero-order valence-corrected chi connectivity index (χ0v) is 14.6. The largest absolute Gasteiger partial charge is 0.378 e. The number of hydrogen-bond acceptors (Lipinski definition) is 5. The van der Waals surface area contributed by atoms with Crippen molar-refractivity contribution in [3.05, 3.63) is 36.2 Å². The molecule has 2 aliphatic rings.